The molecule has 2 aromatic carbocycles. The molecule has 1 N–H and O–H groups in total. The van der Waals surface area contributed by atoms with E-state index in [4.69, 9.17) is 11.6 Å². The molecular formula is C21H19ClF2N2O2. The lowest BCUT2D eigenvalue weighted by molar-refractivity contribution is -0.111. The topological polar surface area (TPSA) is 49.4 Å². The second kappa shape index (κ2) is 8.97. The van der Waals surface area contributed by atoms with Gasteiger partial charge in [-0.05, 0) is 55.7 Å². The number of nitrogens with zero attached hydrogens (tertiary/aromatic N) is 1. The fourth-order valence-electron chi connectivity index (χ4n) is 3.08. The summed E-state index contributed by atoms with van der Waals surface area (Å²) in [6.45, 7) is 1.34. The Labute approximate surface area is 166 Å². The summed E-state index contributed by atoms with van der Waals surface area (Å²) in [7, 11) is 0. The summed E-state index contributed by atoms with van der Waals surface area (Å²) in [6, 6.07) is 8.08. The first-order valence-electron chi connectivity index (χ1n) is 8.97. The molecule has 0 unspecified atom stereocenters. The number of amides is 2. The maximum absolute atomic E-state index is 13.7. The van der Waals surface area contributed by atoms with Crippen LogP contribution in [0.15, 0.2) is 42.5 Å². The Kier molecular flexibility index (Phi) is 6.41. The fraction of sp³-hybridized carbons (Fsp3) is 0.238. The van der Waals surface area contributed by atoms with Crippen LogP contribution in [-0.4, -0.2) is 29.8 Å². The molecule has 0 saturated carbocycles. The summed E-state index contributed by atoms with van der Waals surface area (Å²) >= 11 is 6.01. The SMILES string of the molecule is O=C(/C=C/c1c(F)cccc1F)Nc1cc(Cl)ccc1C(=O)N1CCCCC1. The molecule has 28 heavy (non-hydrogen) atoms. The number of nitrogens with one attached hydrogen (secondary N) is 1. The maximum atomic E-state index is 13.7. The Morgan fingerprint density at radius 1 is 1.04 bits per heavy atom. The van der Waals surface area contributed by atoms with Gasteiger partial charge in [0.25, 0.3) is 5.91 Å². The predicted octanol–water partition coefficient (Wildman–Crippen LogP) is 4.90. The molecule has 146 valence electrons. The minimum Gasteiger partial charge on any atom is -0.339 e. The van der Waals surface area contributed by atoms with Crippen molar-refractivity contribution in [2.45, 2.75) is 19.3 Å². The van der Waals surface area contributed by atoms with E-state index in [0.717, 1.165) is 43.5 Å². The van der Waals surface area contributed by atoms with Crippen molar-refractivity contribution in [1.29, 1.82) is 0 Å². The zero-order chi connectivity index (χ0) is 20.1. The quantitative estimate of drug-likeness (QED) is 0.737. The number of halogens is 3. The van der Waals surface area contributed by atoms with Gasteiger partial charge in [-0.3, -0.25) is 9.59 Å². The van der Waals surface area contributed by atoms with Gasteiger partial charge in [-0.1, -0.05) is 17.7 Å². The van der Waals surface area contributed by atoms with Crippen LogP contribution in [0.5, 0.6) is 0 Å². The largest absolute Gasteiger partial charge is 0.339 e. The van der Waals surface area contributed by atoms with E-state index in [1.54, 1.807) is 17.0 Å². The lowest BCUT2D eigenvalue weighted by Gasteiger charge is -2.27. The van der Waals surface area contributed by atoms with Crippen LogP contribution in [-0.2, 0) is 4.79 Å². The maximum Gasteiger partial charge on any atom is 0.255 e. The number of likely N-dealkylation sites (tertiary alicyclic amines) is 1. The molecule has 1 aliphatic heterocycles. The second-order valence-electron chi connectivity index (χ2n) is 6.50. The third-order valence-corrected chi connectivity index (χ3v) is 4.75. The van der Waals surface area contributed by atoms with Crippen molar-refractivity contribution in [2.24, 2.45) is 0 Å². The minimum atomic E-state index is -0.771. The molecule has 0 atom stereocenters. The van der Waals surface area contributed by atoms with Gasteiger partial charge in [-0.2, -0.15) is 0 Å². The highest BCUT2D eigenvalue weighted by atomic mass is 35.5. The van der Waals surface area contributed by atoms with Crippen molar-refractivity contribution in [2.75, 3.05) is 18.4 Å². The Morgan fingerprint density at radius 3 is 2.39 bits per heavy atom. The number of hydrogen-bond acceptors (Lipinski definition) is 2. The molecule has 7 heteroatoms. The van der Waals surface area contributed by atoms with E-state index in [2.05, 4.69) is 5.32 Å². The standard InChI is InChI=1S/C21H19ClF2N2O2/c22-14-7-8-16(21(28)26-11-2-1-3-12-26)19(13-14)25-20(27)10-9-15-17(23)5-4-6-18(15)24/h4-10,13H,1-3,11-12H2,(H,25,27)/b10-9+. The third kappa shape index (κ3) is 4.75. The van der Waals surface area contributed by atoms with Crippen LogP contribution in [0.3, 0.4) is 0 Å². The minimum absolute atomic E-state index is 0.184. The Morgan fingerprint density at radius 2 is 1.71 bits per heavy atom. The zero-order valence-corrected chi connectivity index (χ0v) is 15.8. The molecule has 0 aromatic heterocycles. The molecule has 0 bridgehead atoms. The van der Waals surface area contributed by atoms with Crippen LogP contribution in [0.4, 0.5) is 14.5 Å². The highest BCUT2D eigenvalue weighted by Crippen LogP contribution is 2.24. The van der Waals surface area contributed by atoms with Crippen molar-refractivity contribution < 1.29 is 18.4 Å². The van der Waals surface area contributed by atoms with E-state index in [1.165, 1.54) is 12.1 Å². The second-order valence-corrected chi connectivity index (χ2v) is 6.94. The summed E-state index contributed by atoms with van der Waals surface area (Å²) in [4.78, 5) is 26.8. The Hall–Kier alpha value is -2.73. The number of anilines is 1. The van der Waals surface area contributed by atoms with Gasteiger partial charge in [0.15, 0.2) is 0 Å². The Balaban J connectivity index is 1.79. The predicted molar refractivity (Wildman–Crippen MR) is 105 cm³/mol. The molecule has 1 fully saturated rings. The van der Waals surface area contributed by atoms with Crippen molar-refractivity contribution >= 4 is 35.2 Å². The number of carbonyl (C=O) groups excluding carboxylic acids is 2. The van der Waals surface area contributed by atoms with Crippen LogP contribution in [0, 0.1) is 11.6 Å². The van der Waals surface area contributed by atoms with Crippen LogP contribution in [0.25, 0.3) is 6.08 Å². The first-order valence-corrected chi connectivity index (χ1v) is 9.35. The molecule has 3 rings (SSSR count). The van der Waals surface area contributed by atoms with E-state index in [1.807, 2.05) is 0 Å². The number of rotatable bonds is 4. The summed E-state index contributed by atoms with van der Waals surface area (Å²) in [6.07, 6.45) is 5.04. The highest BCUT2D eigenvalue weighted by Gasteiger charge is 2.21. The van der Waals surface area contributed by atoms with Crippen molar-refractivity contribution in [3.05, 3.63) is 70.3 Å². The fourth-order valence-corrected chi connectivity index (χ4v) is 3.25. The average Bonchev–Trinajstić information content (AvgIpc) is 2.68. The normalized spacial score (nSPS) is 14.3. The van der Waals surface area contributed by atoms with E-state index in [0.29, 0.717) is 23.7 Å². The molecule has 0 radical (unpaired) electrons. The van der Waals surface area contributed by atoms with E-state index >= 15 is 0 Å². The summed E-state index contributed by atoms with van der Waals surface area (Å²) in [5, 5.41) is 2.93. The van der Waals surface area contributed by atoms with E-state index < -0.39 is 17.5 Å². The van der Waals surface area contributed by atoms with Gasteiger partial charge in [-0.25, -0.2) is 8.78 Å². The third-order valence-electron chi connectivity index (χ3n) is 4.51. The van der Waals surface area contributed by atoms with Gasteiger partial charge in [0.1, 0.15) is 11.6 Å². The van der Waals surface area contributed by atoms with Gasteiger partial charge in [0.05, 0.1) is 11.3 Å². The Bertz CT molecular complexity index is 904. The molecule has 4 nitrogen and oxygen atoms in total. The van der Waals surface area contributed by atoms with Gasteiger partial charge in [-0.15, -0.1) is 0 Å². The monoisotopic (exact) mass is 404 g/mol. The smallest absolute Gasteiger partial charge is 0.255 e. The van der Waals surface area contributed by atoms with E-state index in [9.17, 15) is 18.4 Å². The van der Waals surface area contributed by atoms with Gasteiger partial charge in [0, 0.05) is 29.8 Å². The van der Waals surface area contributed by atoms with Gasteiger partial charge >= 0.3 is 0 Å². The number of carbonyl (C=O) groups is 2. The molecule has 1 heterocycles. The average molecular weight is 405 g/mol. The van der Waals surface area contributed by atoms with Crippen molar-refractivity contribution in [1.82, 2.24) is 4.90 Å². The lowest BCUT2D eigenvalue weighted by atomic mass is 10.1. The molecule has 0 spiro atoms. The summed E-state index contributed by atoms with van der Waals surface area (Å²) in [5.41, 5.74) is 0.269. The van der Waals surface area contributed by atoms with Crippen LogP contribution >= 0.6 is 11.6 Å². The van der Waals surface area contributed by atoms with Gasteiger partial charge < -0.3 is 10.2 Å². The van der Waals surface area contributed by atoms with Gasteiger partial charge in [0.2, 0.25) is 5.91 Å². The molecule has 1 aliphatic rings. The number of benzene rings is 2. The summed E-state index contributed by atoms with van der Waals surface area (Å²) in [5.74, 6) is -2.35. The van der Waals surface area contributed by atoms with E-state index in [-0.39, 0.29) is 17.2 Å². The van der Waals surface area contributed by atoms with Crippen LogP contribution < -0.4 is 5.32 Å². The first-order chi connectivity index (χ1) is 13.5. The molecule has 2 amide bonds. The van der Waals surface area contributed by atoms with Crippen LogP contribution in [0.1, 0.15) is 35.2 Å². The summed E-state index contributed by atoms with van der Waals surface area (Å²) < 4.78 is 27.3. The highest BCUT2D eigenvalue weighted by molar-refractivity contribution is 6.31. The lowest BCUT2D eigenvalue weighted by Crippen LogP contribution is -2.36. The zero-order valence-electron chi connectivity index (χ0n) is 15.1. The first kappa shape index (κ1) is 20.0. The number of hydrogen-bond donors (Lipinski definition) is 1. The molecular weight excluding hydrogens is 386 g/mol. The number of piperidine rings is 1. The van der Waals surface area contributed by atoms with Crippen molar-refractivity contribution in [3.63, 3.8) is 0 Å². The van der Waals surface area contributed by atoms with Crippen LogP contribution in [0.2, 0.25) is 5.02 Å². The molecule has 1 saturated heterocycles. The van der Waals surface area contributed by atoms with Crippen molar-refractivity contribution in [3.8, 4) is 0 Å². The molecule has 0 aliphatic carbocycles. The molecule has 2 aromatic rings.